The first-order valence-corrected chi connectivity index (χ1v) is 8.63. The van der Waals surface area contributed by atoms with Crippen molar-refractivity contribution in [3.05, 3.63) is 59.9 Å². The number of imidazole rings is 1. The highest BCUT2D eigenvalue weighted by Crippen LogP contribution is 2.33. The number of halogens is 3. The molecule has 2 aromatic heterocycles. The number of carbonyl (C=O) groups is 2. The highest BCUT2D eigenvalue weighted by molar-refractivity contribution is 6.12. The molecule has 3 heterocycles. The van der Waals surface area contributed by atoms with Gasteiger partial charge in [0.25, 0.3) is 11.8 Å². The Morgan fingerprint density at radius 3 is 2.62 bits per heavy atom. The molecule has 1 atom stereocenters. The number of anilines is 2. The van der Waals surface area contributed by atoms with E-state index in [9.17, 15) is 22.8 Å². The number of nitrogens with zero attached hydrogens (tertiary/aromatic N) is 4. The molecule has 8 nitrogen and oxygen atoms in total. The molecule has 0 unspecified atom stereocenters. The summed E-state index contributed by atoms with van der Waals surface area (Å²) in [6.07, 6.45) is -0.190. The predicted octanol–water partition coefficient (Wildman–Crippen LogP) is 3.10. The number of hydrogen-bond acceptors (Lipinski definition) is 4. The largest absolute Gasteiger partial charge is 0.416 e. The maximum Gasteiger partial charge on any atom is 0.416 e. The standard InChI is InChI=1S/C18H15F3N6O2/c1-10-9-26(12-4-2-11(3-5-12)18(19,20)21)17(29)14-13(8-24-27(10)14)25-16(28)15-22-6-7-23-15/h2-8,10H,9H2,1H3,(H,22,23)(H,25,28)/t10-/m0/s1. The van der Waals surface area contributed by atoms with Crippen molar-refractivity contribution in [1.82, 2.24) is 19.7 Å². The van der Waals surface area contributed by atoms with Crippen molar-refractivity contribution in [3.8, 4) is 0 Å². The molecule has 2 amide bonds. The summed E-state index contributed by atoms with van der Waals surface area (Å²) in [6.45, 7) is 2.04. The third-order valence-electron chi connectivity index (χ3n) is 4.58. The molecule has 0 spiro atoms. The fraction of sp³-hybridized carbons (Fsp3) is 0.222. The molecule has 11 heteroatoms. The van der Waals surface area contributed by atoms with E-state index in [1.54, 1.807) is 0 Å². The van der Waals surface area contributed by atoms with E-state index in [1.807, 2.05) is 6.92 Å². The van der Waals surface area contributed by atoms with Gasteiger partial charge in [0.2, 0.25) is 0 Å². The van der Waals surface area contributed by atoms with Gasteiger partial charge in [-0.15, -0.1) is 0 Å². The number of H-pyrrole nitrogens is 1. The molecule has 0 bridgehead atoms. The van der Waals surface area contributed by atoms with Crippen molar-refractivity contribution >= 4 is 23.2 Å². The van der Waals surface area contributed by atoms with Crippen LogP contribution < -0.4 is 10.2 Å². The van der Waals surface area contributed by atoms with Crippen LogP contribution >= 0.6 is 0 Å². The number of alkyl halides is 3. The summed E-state index contributed by atoms with van der Waals surface area (Å²) in [5, 5.41) is 6.76. The van der Waals surface area contributed by atoms with Crippen LogP contribution in [0.2, 0.25) is 0 Å². The highest BCUT2D eigenvalue weighted by atomic mass is 19.4. The molecule has 4 rings (SSSR count). The van der Waals surface area contributed by atoms with Crippen LogP contribution in [0.4, 0.5) is 24.5 Å². The lowest BCUT2D eigenvalue weighted by Gasteiger charge is -2.32. The number of amides is 2. The summed E-state index contributed by atoms with van der Waals surface area (Å²) in [6, 6.07) is 4.11. The van der Waals surface area contributed by atoms with Gasteiger partial charge < -0.3 is 15.2 Å². The average Bonchev–Trinajstić information content (AvgIpc) is 3.34. The summed E-state index contributed by atoms with van der Waals surface area (Å²) in [5.74, 6) is -0.950. The molecular weight excluding hydrogens is 389 g/mol. The number of fused-ring (bicyclic) bond motifs is 1. The topological polar surface area (TPSA) is 95.9 Å². The second-order valence-corrected chi connectivity index (χ2v) is 6.55. The lowest BCUT2D eigenvalue weighted by atomic mass is 10.1. The molecule has 0 radical (unpaired) electrons. The summed E-state index contributed by atoms with van der Waals surface area (Å²) in [5.41, 5.74) is -0.135. The third-order valence-corrected chi connectivity index (χ3v) is 4.58. The molecule has 3 aromatic rings. The van der Waals surface area contributed by atoms with Crippen molar-refractivity contribution < 1.29 is 22.8 Å². The Kier molecular flexibility index (Phi) is 4.36. The quantitative estimate of drug-likeness (QED) is 0.701. The van der Waals surface area contributed by atoms with Gasteiger partial charge in [0, 0.05) is 24.6 Å². The van der Waals surface area contributed by atoms with E-state index in [0.717, 1.165) is 12.1 Å². The maximum atomic E-state index is 13.1. The van der Waals surface area contributed by atoms with Crippen LogP contribution in [0.5, 0.6) is 0 Å². The van der Waals surface area contributed by atoms with Crippen molar-refractivity contribution in [3.63, 3.8) is 0 Å². The molecule has 0 saturated carbocycles. The second-order valence-electron chi connectivity index (χ2n) is 6.55. The normalized spacial score (nSPS) is 16.6. The summed E-state index contributed by atoms with van der Waals surface area (Å²) >= 11 is 0. The van der Waals surface area contributed by atoms with Gasteiger partial charge in [-0.2, -0.15) is 18.3 Å². The number of nitrogens with one attached hydrogen (secondary N) is 2. The van der Waals surface area contributed by atoms with Gasteiger partial charge in [-0.3, -0.25) is 14.3 Å². The molecule has 1 aromatic carbocycles. The van der Waals surface area contributed by atoms with E-state index >= 15 is 0 Å². The number of carbonyl (C=O) groups excluding carboxylic acids is 2. The fourth-order valence-electron chi connectivity index (χ4n) is 3.18. The van der Waals surface area contributed by atoms with Crippen molar-refractivity contribution in [1.29, 1.82) is 0 Å². The zero-order valence-electron chi connectivity index (χ0n) is 15.1. The summed E-state index contributed by atoms with van der Waals surface area (Å²) < 4.78 is 39.9. The van der Waals surface area contributed by atoms with E-state index < -0.39 is 23.6 Å². The predicted molar refractivity (Wildman–Crippen MR) is 96.6 cm³/mol. The lowest BCUT2D eigenvalue weighted by molar-refractivity contribution is -0.137. The Morgan fingerprint density at radius 1 is 1.28 bits per heavy atom. The Morgan fingerprint density at radius 2 is 2.00 bits per heavy atom. The summed E-state index contributed by atoms with van der Waals surface area (Å²) in [4.78, 5) is 33.2. The number of aromatic nitrogens is 4. The smallest absolute Gasteiger partial charge is 0.341 e. The second kappa shape index (κ2) is 6.76. The molecule has 0 saturated heterocycles. The molecule has 2 N–H and O–H groups in total. The van der Waals surface area contributed by atoms with E-state index in [4.69, 9.17) is 0 Å². The minimum absolute atomic E-state index is 0.0702. The molecule has 0 aliphatic carbocycles. The highest BCUT2D eigenvalue weighted by Gasteiger charge is 2.35. The zero-order valence-corrected chi connectivity index (χ0v) is 15.1. The van der Waals surface area contributed by atoms with E-state index in [-0.39, 0.29) is 29.8 Å². The van der Waals surface area contributed by atoms with Gasteiger partial charge in [-0.05, 0) is 31.2 Å². The number of benzene rings is 1. The molecular formula is C18H15F3N6O2. The van der Waals surface area contributed by atoms with Gasteiger partial charge in [0.15, 0.2) is 11.5 Å². The average molecular weight is 404 g/mol. The maximum absolute atomic E-state index is 13.1. The zero-order chi connectivity index (χ0) is 20.8. The van der Waals surface area contributed by atoms with Crippen molar-refractivity contribution in [2.24, 2.45) is 0 Å². The minimum Gasteiger partial charge on any atom is -0.341 e. The van der Waals surface area contributed by atoms with Crippen LogP contribution in [0.15, 0.2) is 42.9 Å². The van der Waals surface area contributed by atoms with Gasteiger partial charge in [-0.25, -0.2) is 4.98 Å². The molecule has 29 heavy (non-hydrogen) atoms. The Balaban J connectivity index is 1.64. The fourth-order valence-corrected chi connectivity index (χ4v) is 3.18. The first-order chi connectivity index (χ1) is 13.8. The first-order valence-electron chi connectivity index (χ1n) is 8.63. The lowest BCUT2D eigenvalue weighted by Crippen LogP contribution is -2.43. The molecule has 1 aliphatic heterocycles. The molecule has 0 fully saturated rings. The van der Waals surface area contributed by atoms with Crippen LogP contribution in [0, 0.1) is 0 Å². The van der Waals surface area contributed by atoms with Gasteiger partial charge in [0.05, 0.1) is 23.5 Å². The monoisotopic (exact) mass is 404 g/mol. The van der Waals surface area contributed by atoms with Gasteiger partial charge in [0.1, 0.15) is 0 Å². The summed E-state index contributed by atoms with van der Waals surface area (Å²) in [7, 11) is 0. The number of rotatable bonds is 3. The Bertz CT molecular complexity index is 1060. The Labute approximate surface area is 162 Å². The van der Waals surface area contributed by atoms with Crippen molar-refractivity contribution in [2.45, 2.75) is 19.1 Å². The van der Waals surface area contributed by atoms with Crippen LogP contribution in [0.1, 0.15) is 39.6 Å². The minimum atomic E-state index is -4.46. The molecule has 150 valence electrons. The number of hydrogen-bond donors (Lipinski definition) is 2. The van der Waals surface area contributed by atoms with Gasteiger partial charge >= 0.3 is 6.18 Å². The van der Waals surface area contributed by atoms with E-state index in [1.165, 1.54) is 40.3 Å². The Hall–Kier alpha value is -3.63. The third kappa shape index (κ3) is 3.35. The van der Waals surface area contributed by atoms with Crippen LogP contribution in [0.25, 0.3) is 0 Å². The van der Waals surface area contributed by atoms with Gasteiger partial charge in [-0.1, -0.05) is 0 Å². The number of aromatic amines is 1. The van der Waals surface area contributed by atoms with E-state index in [2.05, 4.69) is 20.4 Å². The SMILES string of the molecule is C[C@H]1CN(c2ccc(C(F)(F)F)cc2)C(=O)c2c(NC(=O)c3ncc[nH]3)cnn21. The van der Waals surface area contributed by atoms with E-state index in [0.29, 0.717) is 5.69 Å². The molecule has 1 aliphatic rings. The van der Waals surface area contributed by atoms with Crippen LogP contribution in [-0.2, 0) is 6.18 Å². The van der Waals surface area contributed by atoms with Crippen LogP contribution in [0.3, 0.4) is 0 Å². The van der Waals surface area contributed by atoms with Crippen LogP contribution in [-0.4, -0.2) is 38.1 Å². The van der Waals surface area contributed by atoms with Crippen molar-refractivity contribution in [2.75, 3.05) is 16.8 Å². The first kappa shape index (κ1) is 18.7.